The Balaban J connectivity index is 2.12. The number of rotatable bonds is 2. The van der Waals surface area contributed by atoms with Gasteiger partial charge in [-0.05, 0) is 55.0 Å². The third-order valence-corrected chi connectivity index (χ3v) is 5.30. The summed E-state index contributed by atoms with van der Waals surface area (Å²) in [6, 6.07) is 16.5. The topological polar surface area (TPSA) is 20.2 Å². The van der Waals surface area contributed by atoms with E-state index in [1.807, 2.05) is 25.1 Å². The minimum atomic E-state index is -0.942. The molecule has 0 aliphatic rings. The van der Waals surface area contributed by atoms with Crippen molar-refractivity contribution >= 4 is 21.4 Å². The molecule has 0 radical (unpaired) electrons. The lowest BCUT2D eigenvalue weighted by molar-refractivity contribution is 0.106. The lowest BCUT2D eigenvalue weighted by Gasteiger charge is -2.23. The summed E-state index contributed by atoms with van der Waals surface area (Å²) in [5.41, 5.74) is 2.47. The van der Waals surface area contributed by atoms with E-state index >= 15 is 0 Å². The van der Waals surface area contributed by atoms with Gasteiger partial charge < -0.3 is 5.11 Å². The van der Waals surface area contributed by atoms with Crippen LogP contribution in [0, 0.1) is 13.8 Å². The van der Waals surface area contributed by atoms with E-state index in [1.54, 1.807) is 11.3 Å². The van der Waals surface area contributed by atoms with Gasteiger partial charge in [0.1, 0.15) is 5.60 Å². The maximum absolute atomic E-state index is 11.0. The molecule has 3 rings (SSSR count). The first-order valence-corrected chi connectivity index (χ1v) is 7.59. The lowest BCUT2D eigenvalue weighted by Crippen LogP contribution is -2.21. The van der Waals surface area contributed by atoms with Crippen LogP contribution in [0.15, 0.2) is 48.5 Å². The molecule has 0 aliphatic carbocycles. The normalized spacial score (nSPS) is 14.4. The van der Waals surface area contributed by atoms with E-state index < -0.39 is 5.60 Å². The summed E-state index contributed by atoms with van der Waals surface area (Å²) in [6.07, 6.45) is 0. The summed E-state index contributed by atoms with van der Waals surface area (Å²) >= 11 is 1.66. The standard InChI is InChI=1S/C18H18OS/c1-12-8-9-15(10-13(12)2)18(3,19)17-11-14-6-4-5-7-16(14)20-17/h4-11,19H,1-3H3. The average Bonchev–Trinajstić information content (AvgIpc) is 2.86. The van der Waals surface area contributed by atoms with Crippen LogP contribution in [0.1, 0.15) is 28.5 Å². The Kier molecular flexibility index (Phi) is 3.15. The Labute approximate surface area is 123 Å². The molecule has 2 aromatic carbocycles. The fraction of sp³-hybridized carbons (Fsp3) is 0.222. The highest BCUT2D eigenvalue weighted by atomic mass is 32.1. The molecule has 2 heteroatoms. The quantitative estimate of drug-likeness (QED) is 0.717. The highest BCUT2D eigenvalue weighted by molar-refractivity contribution is 7.19. The number of fused-ring (bicyclic) bond motifs is 1. The number of hydrogen-bond acceptors (Lipinski definition) is 2. The van der Waals surface area contributed by atoms with Crippen LogP contribution in [0.3, 0.4) is 0 Å². The molecule has 0 bridgehead atoms. The molecule has 1 atom stereocenters. The van der Waals surface area contributed by atoms with Crippen LogP contribution < -0.4 is 0 Å². The van der Waals surface area contributed by atoms with Crippen LogP contribution in [0.25, 0.3) is 10.1 Å². The minimum absolute atomic E-state index is 0.942. The SMILES string of the molecule is Cc1ccc(C(C)(O)c2cc3ccccc3s2)cc1C. The predicted molar refractivity (Wildman–Crippen MR) is 86.4 cm³/mol. The van der Waals surface area contributed by atoms with Gasteiger partial charge in [-0.25, -0.2) is 0 Å². The molecule has 1 N–H and O–H groups in total. The molecule has 3 aromatic rings. The van der Waals surface area contributed by atoms with Crippen molar-refractivity contribution in [3.63, 3.8) is 0 Å². The number of aryl methyl sites for hydroxylation is 2. The first kappa shape index (κ1) is 13.3. The molecule has 0 saturated heterocycles. The van der Waals surface area contributed by atoms with E-state index in [0.29, 0.717) is 0 Å². The number of thiophene rings is 1. The monoisotopic (exact) mass is 282 g/mol. The lowest BCUT2D eigenvalue weighted by atomic mass is 9.91. The second-order valence-corrected chi connectivity index (χ2v) is 6.60. The summed E-state index contributed by atoms with van der Waals surface area (Å²) in [5.74, 6) is 0. The first-order valence-electron chi connectivity index (χ1n) is 6.77. The molecule has 0 saturated carbocycles. The molecular weight excluding hydrogens is 264 g/mol. The zero-order valence-corrected chi connectivity index (χ0v) is 12.8. The van der Waals surface area contributed by atoms with Crippen molar-refractivity contribution in [3.05, 3.63) is 70.1 Å². The fourth-order valence-electron chi connectivity index (χ4n) is 2.41. The Bertz CT molecular complexity index is 735. The molecule has 1 unspecified atom stereocenters. The molecular formula is C18H18OS. The minimum Gasteiger partial charge on any atom is -0.380 e. The molecule has 0 spiro atoms. The van der Waals surface area contributed by atoms with Crippen molar-refractivity contribution < 1.29 is 5.11 Å². The maximum Gasteiger partial charge on any atom is 0.121 e. The highest BCUT2D eigenvalue weighted by Gasteiger charge is 2.28. The van der Waals surface area contributed by atoms with Gasteiger partial charge in [-0.3, -0.25) is 0 Å². The van der Waals surface area contributed by atoms with Crippen molar-refractivity contribution in [2.45, 2.75) is 26.4 Å². The number of hydrogen-bond donors (Lipinski definition) is 1. The average molecular weight is 282 g/mol. The van der Waals surface area contributed by atoms with E-state index in [-0.39, 0.29) is 0 Å². The molecule has 20 heavy (non-hydrogen) atoms. The van der Waals surface area contributed by atoms with E-state index in [4.69, 9.17) is 0 Å². The molecule has 0 aliphatic heterocycles. The maximum atomic E-state index is 11.0. The van der Waals surface area contributed by atoms with Crippen LogP contribution >= 0.6 is 11.3 Å². The van der Waals surface area contributed by atoms with Gasteiger partial charge in [0.25, 0.3) is 0 Å². The van der Waals surface area contributed by atoms with E-state index in [1.165, 1.54) is 21.2 Å². The van der Waals surface area contributed by atoms with Crippen molar-refractivity contribution in [2.75, 3.05) is 0 Å². The van der Waals surface area contributed by atoms with Crippen LogP contribution in [0.2, 0.25) is 0 Å². The van der Waals surface area contributed by atoms with Gasteiger partial charge in [0, 0.05) is 9.58 Å². The first-order chi connectivity index (χ1) is 9.48. The number of benzene rings is 2. The summed E-state index contributed by atoms with van der Waals surface area (Å²) in [4.78, 5) is 0.988. The van der Waals surface area contributed by atoms with Gasteiger partial charge in [0.15, 0.2) is 0 Å². The molecule has 102 valence electrons. The Hall–Kier alpha value is -1.64. The van der Waals surface area contributed by atoms with Crippen LogP contribution in [0.4, 0.5) is 0 Å². The smallest absolute Gasteiger partial charge is 0.121 e. The van der Waals surface area contributed by atoms with Crippen LogP contribution in [0.5, 0.6) is 0 Å². The Morgan fingerprint density at radius 3 is 2.40 bits per heavy atom. The summed E-state index contributed by atoms with van der Waals surface area (Å²) in [7, 11) is 0. The third kappa shape index (κ3) is 2.15. The van der Waals surface area contributed by atoms with E-state index in [2.05, 4.69) is 44.2 Å². The van der Waals surface area contributed by atoms with Crippen molar-refractivity contribution in [2.24, 2.45) is 0 Å². The van der Waals surface area contributed by atoms with Crippen molar-refractivity contribution in [1.82, 2.24) is 0 Å². The predicted octanol–water partition coefficient (Wildman–Crippen LogP) is 4.77. The Morgan fingerprint density at radius 2 is 1.70 bits per heavy atom. The second-order valence-electron chi connectivity index (χ2n) is 5.52. The zero-order valence-electron chi connectivity index (χ0n) is 12.0. The summed E-state index contributed by atoms with van der Waals surface area (Å²) in [5, 5.41) is 12.2. The summed E-state index contributed by atoms with van der Waals surface area (Å²) in [6.45, 7) is 6.05. The van der Waals surface area contributed by atoms with Gasteiger partial charge in [0.05, 0.1) is 0 Å². The van der Waals surface area contributed by atoms with E-state index in [9.17, 15) is 5.11 Å². The fourth-order valence-corrected chi connectivity index (χ4v) is 3.54. The molecule has 0 amide bonds. The summed E-state index contributed by atoms with van der Waals surface area (Å²) < 4.78 is 1.21. The van der Waals surface area contributed by atoms with Gasteiger partial charge in [-0.2, -0.15) is 0 Å². The van der Waals surface area contributed by atoms with Gasteiger partial charge in [-0.15, -0.1) is 11.3 Å². The molecule has 1 heterocycles. The van der Waals surface area contributed by atoms with Gasteiger partial charge in [0.2, 0.25) is 0 Å². The molecule has 0 fully saturated rings. The largest absolute Gasteiger partial charge is 0.380 e. The van der Waals surface area contributed by atoms with Crippen molar-refractivity contribution in [3.8, 4) is 0 Å². The Morgan fingerprint density at radius 1 is 0.950 bits per heavy atom. The third-order valence-electron chi connectivity index (χ3n) is 3.97. The van der Waals surface area contributed by atoms with Gasteiger partial charge >= 0.3 is 0 Å². The van der Waals surface area contributed by atoms with Crippen LogP contribution in [-0.2, 0) is 5.60 Å². The zero-order chi connectivity index (χ0) is 14.3. The van der Waals surface area contributed by atoms with Gasteiger partial charge in [-0.1, -0.05) is 36.4 Å². The number of aliphatic hydroxyl groups is 1. The molecule has 1 aromatic heterocycles. The van der Waals surface area contributed by atoms with Crippen LogP contribution in [-0.4, -0.2) is 5.11 Å². The second kappa shape index (κ2) is 4.72. The highest BCUT2D eigenvalue weighted by Crippen LogP contribution is 2.37. The molecule has 1 nitrogen and oxygen atoms in total. The van der Waals surface area contributed by atoms with E-state index in [0.717, 1.165) is 10.4 Å². The van der Waals surface area contributed by atoms with Crippen molar-refractivity contribution in [1.29, 1.82) is 0 Å².